The van der Waals surface area contributed by atoms with E-state index < -0.39 is 11.6 Å². The maximum atomic E-state index is 14.2. The van der Waals surface area contributed by atoms with E-state index in [2.05, 4.69) is 20.3 Å². The zero-order chi connectivity index (χ0) is 23.0. The number of benzene rings is 1. The van der Waals surface area contributed by atoms with E-state index >= 15 is 0 Å². The number of carbonyl (C=O) groups excluding carboxylic acids is 1. The number of nitrogens with two attached hydrogens (primary N) is 1. The molecule has 166 valence electrons. The average Bonchev–Trinajstić information content (AvgIpc) is 2.71. The summed E-state index contributed by atoms with van der Waals surface area (Å²) in [5.74, 6) is 0.353. The van der Waals surface area contributed by atoms with Crippen LogP contribution in [-0.4, -0.2) is 33.5 Å². The first-order chi connectivity index (χ1) is 15.2. The van der Waals surface area contributed by atoms with Crippen molar-refractivity contribution in [1.29, 1.82) is 0 Å². The fourth-order valence-corrected chi connectivity index (χ4v) is 4.11. The number of nitrogens with one attached hydrogen (secondary N) is 1. The van der Waals surface area contributed by atoms with E-state index in [1.165, 1.54) is 19.2 Å². The quantitative estimate of drug-likeness (QED) is 0.637. The summed E-state index contributed by atoms with van der Waals surface area (Å²) in [6.07, 6.45) is 2.55. The predicted molar refractivity (Wildman–Crippen MR) is 119 cm³/mol. The van der Waals surface area contributed by atoms with Crippen molar-refractivity contribution in [2.75, 3.05) is 7.11 Å². The molecule has 1 aliphatic rings. The molecule has 1 amide bonds. The van der Waals surface area contributed by atoms with Crippen LogP contribution in [0.2, 0.25) is 0 Å². The highest BCUT2D eigenvalue weighted by Gasteiger charge is 2.31. The number of hydrogen-bond acceptors (Lipinski definition) is 6. The summed E-state index contributed by atoms with van der Waals surface area (Å²) in [4.78, 5) is 26.4. The smallest absolute Gasteiger partial charge is 0.255 e. The van der Waals surface area contributed by atoms with Crippen molar-refractivity contribution in [1.82, 2.24) is 20.3 Å². The molecule has 0 fully saturated rings. The number of ether oxygens (including phenoxy) is 1. The normalized spacial score (nSPS) is 15.8. The molecule has 7 nitrogen and oxygen atoms in total. The lowest BCUT2D eigenvalue weighted by molar-refractivity contribution is 0.0922. The van der Waals surface area contributed by atoms with Gasteiger partial charge in [0.25, 0.3) is 5.91 Å². The Bertz CT molecular complexity index is 1190. The van der Waals surface area contributed by atoms with Gasteiger partial charge in [-0.1, -0.05) is 6.07 Å². The lowest BCUT2D eigenvalue weighted by atomic mass is 9.89. The number of aryl methyl sites for hydroxylation is 1. The lowest BCUT2D eigenvalue weighted by Crippen LogP contribution is -2.39. The first kappa shape index (κ1) is 21.8. The Labute approximate surface area is 186 Å². The molecule has 0 aliphatic carbocycles. The van der Waals surface area contributed by atoms with Gasteiger partial charge in [0.2, 0.25) is 5.88 Å². The van der Waals surface area contributed by atoms with Gasteiger partial charge in [0, 0.05) is 30.1 Å². The molecule has 0 spiro atoms. The summed E-state index contributed by atoms with van der Waals surface area (Å²) in [7, 11) is 1.52. The van der Waals surface area contributed by atoms with Gasteiger partial charge in [0.1, 0.15) is 11.6 Å². The monoisotopic (exact) mass is 435 g/mol. The van der Waals surface area contributed by atoms with Crippen molar-refractivity contribution in [2.45, 2.75) is 45.2 Å². The highest BCUT2D eigenvalue weighted by atomic mass is 19.1. The lowest BCUT2D eigenvalue weighted by Gasteiger charge is -2.28. The van der Waals surface area contributed by atoms with Crippen LogP contribution in [0.4, 0.5) is 4.39 Å². The molecule has 0 bridgehead atoms. The van der Waals surface area contributed by atoms with Crippen LogP contribution in [-0.2, 0) is 12.8 Å². The highest BCUT2D eigenvalue weighted by molar-refractivity contribution is 5.97. The summed E-state index contributed by atoms with van der Waals surface area (Å²) < 4.78 is 19.6. The molecule has 3 N–H and O–H groups in total. The number of carbonyl (C=O) groups is 1. The molecule has 4 rings (SSSR count). The zero-order valence-corrected chi connectivity index (χ0v) is 18.6. The minimum Gasteiger partial charge on any atom is -0.481 e. The van der Waals surface area contributed by atoms with Gasteiger partial charge in [-0.2, -0.15) is 0 Å². The summed E-state index contributed by atoms with van der Waals surface area (Å²) >= 11 is 0. The molecule has 2 aromatic heterocycles. The van der Waals surface area contributed by atoms with Gasteiger partial charge in [0.15, 0.2) is 0 Å². The average molecular weight is 436 g/mol. The molecule has 3 heterocycles. The molecule has 1 atom stereocenters. The standard InChI is InChI=1S/C24H26FN5O2/c1-13-21-19(29-20(28-13)12-24(2,3)26)11-18(30-22(21)31)15-8-7-14(25)10-17(15)16-6-5-9-27-23(16)32-4/h5-10,18H,11-12,26H2,1-4H3,(H,30,31)/t18-/m1/s1. The largest absolute Gasteiger partial charge is 0.481 e. The van der Waals surface area contributed by atoms with Crippen LogP contribution in [0.3, 0.4) is 0 Å². The molecule has 0 radical (unpaired) electrons. The Hall–Kier alpha value is -3.39. The van der Waals surface area contributed by atoms with Crippen molar-refractivity contribution in [3.8, 4) is 17.0 Å². The van der Waals surface area contributed by atoms with Crippen LogP contribution >= 0.6 is 0 Å². The summed E-state index contributed by atoms with van der Waals surface area (Å²) in [6.45, 7) is 5.62. The first-order valence-electron chi connectivity index (χ1n) is 10.4. The Morgan fingerprint density at radius 3 is 2.75 bits per heavy atom. The van der Waals surface area contributed by atoms with Crippen LogP contribution in [0.15, 0.2) is 36.5 Å². The number of methoxy groups -OCH3 is 1. The summed E-state index contributed by atoms with van der Waals surface area (Å²) in [6, 6.07) is 7.69. The molecule has 0 saturated carbocycles. The molecule has 1 aromatic carbocycles. The third-order valence-corrected chi connectivity index (χ3v) is 5.40. The maximum absolute atomic E-state index is 14.2. The number of hydrogen-bond donors (Lipinski definition) is 2. The molecular weight excluding hydrogens is 409 g/mol. The number of fused-ring (bicyclic) bond motifs is 1. The summed E-state index contributed by atoms with van der Waals surface area (Å²) in [5.41, 5.74) is 9.47. The number of halogens is 1. The van der Waals surface area contributed by atoms with Gasteiger partial charge < -0.3 is 15.8 Å². The third kappa shape index (κ3) is 4.31. The SMILES string of the molecule is COc1ncccc1-c1cc(F)ccc1[C@H]1Cc2nc(CC(C)(C)N)nc(C)c2C(=O)N1. The fraction of sp³-hybridized carbons (Fsp3) is 0.333. The Balaban J connectivity index is 1.79. The molecule has 1 aliphatic heterocycles. The summed E-state index contributed by atoms with van der Waals surface area (Å²) in [5, 5.41) is 3.04. The number of nitrogens with zero attached hydrogens (tertiary/aromatic N) is 3. The molecule has 8 heteroatoms. The van der Waals surface area contributed by atoms with E-state index in [1.54, 1.807) is 25.3 Å². The fourth-order valence-electron chi connectivity index (χ4n) is 4.11. The Morgan fingerprint density at radius 1 is 1.25 bits per heavy atom. The molecule has 32 heavy (non-hydrogen) atoms. The van der Waals surface area contributed by atoms with Gasteiger partial charge >= 0.3 is 0 Å². The maximum Gasteiger partial charge on any atom is 0.255 e. The van der Waals surface area contributed by atoms with Crippen LogP contribution in [0.1, 0.15) is 53.0 Å². The molecule has 3 aromatic rings. The molecule has 0 unspecified atom stereocenters. The zero-order valence-electron chi connectivity index (χ0n) is 18.6. The van der Waals surface area contributed by atoms with E-state index in [4.69, 9.17) is 10.5 Å². The number of aromatic nitrogens is 3. The number of pyridine rings is 1. The van der Waals surface area contributed by atoms with Crippen molar-refractivity contribution >= 4 is 5.91 Å². The van der Waals surface area contributed by atoms with Crippen molar-refractivity contribution in [3.63, 3.8) is 0 Å². The second kappa shape index (κ2) is 8.27. The van der Waals surface area contributed by atoms with E-state index in [1.807, 2.05) is 19.9 Å². The van der Waals surface area contributed by atoms with Gasteiger partial charge in [0.05, 0.1) is 30.1 Å². The Morgan fingerprint density at radius 2 is 2.03 bits per heavy atom. The van der Waals surface area contributed by atoms with Crippen molar-refractivity contribution in [2.24, 2.45) is 5.73 Å². The topological polar surface area (TPSA) is 103 Å². The van der Waals surface area contributed by atoms with Crippen LogP contribution < -0.4 is 15.8 Å². The van der Waals surface area contributed by atoms with E-state index in [-0.39, 0.29) is 11.7 Å². The van der Waals surface area contributed by atoms with Crippen LogP contribution in [0.5, 0.6) is 5.88 Å². The van der Waals surface area contributed by atoms with E-state index in [9.17, 15) is 9.18 Å². The predicted octanol–water partition coefficient (Wildman–Crippen LogP) is 3.30. The van der Waals surface area contributed by atoms with Gasteiger partial charge in [-0.25, -0.2) is 19.3 Å². The minimum absolute atomic E-state index is 0.249. The third-order valence-electron chi connectivity index (χ3n) is 5.40. The first-order valence-corrected chi connectivity index (χ1v) is 10.4. The molecular formula is C24H26FN5O2. The second-order valence-electron chi connectivity index (χ2n) is 8.73. The number of amides is 1. The van der Waals surface area contributed by atoms with Crippen molar-refractivity contribution < 1.29 is 13.9 Å². The second-order valence-corrected chi connectivity index (χ2v) is 8.73. The van der Waals surface area contributed by atoms with Crippen molar-refractivity contribution in [3.05, 3.63) is 70.7 Å². The number of rotatable bonds is 5. The molecule has 0 saturated heterocycles. The van der Waals surface area contributed by atoms with Gasteiger partial charge in [-0.05, 0) is 56.2 Å². The van der Waals surface area contributed by atoms with Crippen LogP contribution in [0.25, 0.3) is 11.1 Å². The van der Waals surface area contributed by atoms with Gasteiger partial charge in [-0.15, -0.1) is 0 Å². The Kier molecular flexibility index (Phi) is 5.64. The van der Waals surface area contributed by atoms with E-state index in [0.29, 0.717) is 52.6 Å². The highest BCUT2D eigenvalue weighted by Crippen LogP contribution is 2.37. The van der Waals surface area contributed by atoms with Gasteiger partial charge in [-0.3, -0.25) is 4.79 Å². The minimum atomic E-state index is -0.474. The van der Waals surface area contributed by atoms with Crippen LogP contribution in [0, 0.1) is 12.7 Å². The van der Waals surface area contributed by atoms with E-state index in [0.717, 1.165) is 5.56 Å².